The van der Waals surface area contributed by atoms with E-state index < -0.39 is 5.97 Å². The van der Waals surface area contributed by atoms with Gasteiger partial charge in [0.05, 0.1) is 14.2 Å². The second-order valence-corrected chi connectivity index (χ2v) is 3.38. The van der Waals surface area contributed by atoms with Gasteiger partial charge in [-0.25, -0.2) is 4.79 Å². The van der Waals surface area contributed by atoms with Crippen molar-refractivity contribution in [3.05, 3.63) is 23.4 Å². The summed E-state index contributed by atoms with van der Waals surface area (Å²) in [5, 5.41) is 7.90. The number of benzene rings is 1. The number of aromatic amines is 1. The lowest BCUT2D eigenvalue weighted by molar-refractivity contribution is 0.0597. The van der Waals surface area contributed by atoms with Gasteiger partial charge in [0.1, 0.15) is 11.1 Å². The molecule has 0 unspecified atom stereocenters. The first-order valence-electron chi connectivity index (χ1n) is 4.79. The summed E-state index contributed by atoms with van der Waals surface area (Å²) in [6.07, 6.45) is 0. The number of nitrogens with one attached hydrogen (secondary N) is 1. The number of esters is 1. The van der Waals surface area contributed by atoms with Crippen LogP contribution in [0.5, 0.6) is 5.75 Å². The van der Waals surface area contributed by atoms with E-state index in [1.807, 2.05) is 13.0 Å². The molecule has 2 aromatic rings. The summed E-state index contributed by atoms with van der Waals surface area (Å²) in [5.41, 5.74) is 1.96. The van der Waals surface area contributed by atoms with E-state index in [2.05, 4.69) is 14.9 Å². The number of rotatable bonds is 2. The Morgan fingerprint density at radius 1 is 1.38 bits per heavy atom. The highest BCUT2D eigenvalue weighted by Gasteiger charge is 2.17. The summed E-state index contributed by atoms with van der Waals surface area (Å²) in [7, 11) is 2.84. The van der Waals surface area contributed by atoms with Gasteiger partial charge in [-0.15, -0.1) is 0 Å². The highest BCUT2D eigenvalue weighted by molar-refractivity contribution is 6.00. The van der Waals surface area contributed by atoms with Gasteiger partial charge in [0.2, 0.25) is 0 Å². The number of aryl methyl sites for hydroxylation is 1. The number of carbonyl (C=O) groups excluding carboxylic acids is 1. The molecule has 0 amide bonds. The molecule has 0 saturated heterocycles. The number of fused-ring (bicyclic) bond motifs is 1. The van der Waals surface area contributed by atoms with E-state index >= 15 is 0 Å². The SMILES string of the molecule is COC(=O)c1ccc2c(C)[nH]nc2c1OC. The number of hydrogen-bond acceptors (Lipinski definition) is 4. The van der Waals surface area contributed by atoms with E-state index in [1.54, 1.807) is 6.07 Å². The lowest BCUT2D eigenvalue weighted by Gasteiger charge is -2.06. The minimum Gasteiger partial charge on any atom is -0.493 e. The fourth-order valence-electron chi connectivity index (χ4n) is 1.66. The molecule has 0 spiro atoms. The lowest BCUT2D eigenvalue weighted by atomic mass is 10.1. The molecule has 0 radical (unpaired) electrons. The lowest BCUT2D eigenvalue weighted by Crippen LogP contribution is -2.04. The number of ether oxygens (including phenoxy) is 2. The van der Waals surface area contributed by atoms with Crippen molar-refractivity contribution in [1.82, 2.24) is 10.2 Å². The van der Waals surface area contributed by atoms with Crippen molar-refractivity contribution < 1.29 is 14.3 Å². The standard InChI is InChI=1S/C11H12N2O3/c1-6-7-4-5-8(11(14)16-3)10(15-2)9(7)13-12-6/h4-5H,1-3H3,(H,12,13). The fourth-order valence-corrected chi connectivity index (χ4v) is 1.66. The van der Waals surface area contributed by atoms with Crippen molar-refractivity contribution in [2.45, 2.75) is 6.92 Å². The van der Waals surface area contributed by atoms with Crippen molar-refractivity contribution in [2.24, 2.45) is 0 Å². The molecule has 1 heterocycles. The third-order valence-corrected chi connectivity index (χ3v) is 2.48. The molecule has 5 heteroatoms. The predicted octanol–water partition coefficient (Wildman–Crippen LogP) is 1.67. The van der Waals surface area contributed by atoms with Crippen LogP contribution in [-0.4, -0.2) is 30.4 Å². The first-order valence-corrected chi connectivity index (χ1v) is 4.79. The fraction of sp³-hybridized carbons (Fsp3) is 0.273. The predicted molar refractivity (Wildman–Crippen MR) is 58.7 cm³/mol. The Morgan fingerprint density at radius 2 is 2.12 bits per heavy atom. The first-order chi connectivity index (χ1) is 7.69. The van der Waals surface area contributed by atoms with E-state index in [4.69, 9.17) is 4.74 Å². The van der Waals surface area contributed by atoms with Gasteiger partial charge < -0.3 is 9.47 Å². The Morgan fingerprint density at radius 3 is 2.75 bits per heavy atom. The molecule has 1 aromatic carbocycles. The minimum atomic E-state index is -0.431. The number of H-pyrrole nitrogens is 1. The van der Waals surface area contributed by atoms with Crippen molar-refractivity contribution in [3.63, 3.8) is 0 Å². The van der Waals surface area contributed by atoms with Crippen molar-refractivity contribution in [2.75, 3.05) is 14.2 Å². The smallest absolute Gasteiger partial charge is 0.341 e. The summed E-state index contributed by atoms with van der Waals surface area (Å²) in [6, 6.07) is 3.50. The number of carbonyl (C=O) groups is 1. The Kier molecular flexibility index (Phi) is 2.52. The van der Waals surface area contributed by atoms with Gasteiger partial charge in [0, 0.05) is 11.1 Å². The monoisotopic (exact) mass is 220 g/mol. The van der Waals surface area contributed by atoms with E-state index in [1.165, 1.54) is 14.2 Å². The molecule has 0 aliphatic rings. The molecule has 0 aliphatic carbocycles. The molecule has 5 nitrogen and oxygen atoms in total. The molecule has 0 bridgehead atoms. The largest absolute Gasteiger partial charge is 0.493 e. The molecule has 0 atom stereocenters. The van der Waals surface area contributed by atoms with Crippen molar-refractivity contribution in [3.8, 4) is 5.75 Å². The van der Waals surface area contributed by atoms with Crippen LogP contribution in [0.2, 0.25) is 0 Å². The highest BCUT2D eigenvalue weighted by atomic mass is 16.5. The van der Waals surface area contributed by atoms with Crippen LogP contribution in [0.4, 0.5) is 0 Å². The summed E-state index contributed by atoms with van der Waals surface area (Å²) in [6.45, 7) is 1.91. The van der Waals surface area contributed by atoms with Gasteiger partial charge in [-0.05, 0) is 19.1 Å². The molecular weight excluding hydrogens is 208 g/mol. The summed E-state index contributed by atoms with van der Waals surface area (Å²) in [4.78, 5) is 11.5. The number of hydrogen-bond donors (Lipinski definition) is 1. The Balaban J connectivity index is 2.73. The van der Waals surface area contributed by atoms with Crippen molar-refractivity contribution in [1.29, 1.82) is 0 Å². The summed E-state index contributed by atoms with van der Waals surface area (Å²) < 4.78 is 9.89. The average molecular weight is 220 g/mol. The van der Waals surface area contributed by atoms with Crippen LogP contribution in [-0.2, 0) is 4.74 Å². The quantitative estimate of drug-likeness (QED) is 0.782. The minimum absolute atomic E-state index is 0.379. The van der Waals surface area contributed by atoms with Gasteiger partial charge in [0.25, 0.3) is 0 Å². The van der Waals surface area contributed by atoms with Crippen LogP contribution in [0.1, 0.15) is 16.1 Å². The Hall–Kier alpha value is -2.04. The van der Waals surface area contributed by atoms with Crippen molar-refractivity contribution >= 4 is 16.9 Å². The molecule has 2 rings (SSSR count). The van der Waals surface area contributed by atoms with Gasteiger partial charge in [-0.3, -0.25) is 5.10 Å². The molecule has 0 saturated carbocycles. The third-order valence-electron chi connectivity index (χ3n) is 2.48. The molecular formula is C11H12N2O3. The number of aromatic nitrogens is 2. The van der Waals surface area contributed by atoms with Gasteiger partial charge in [-0.2, -0.15) is 5.10 Å². The zero-order chi connectivity index (χ0) is 11.7. The molecule has 1 aromatic heterocycles. The van der Waals surface area contributed by atoms with Crippen LogP contribution >= 0.6 is 0 Å². The third kappa shape index (κ3) is 1.41. The maximum absolute atomic E-state index is 11.5. The van der Waals surface area contributed by atoms with E-state index in [9.17, 15) is 4.79 Å². The van der Waals surface area contributed by atoms with Gasteiger partial charge in [0.15, 0.2) is 5.75 Å². The zero-order valence-corrected chi connectivity index (χ0v) is 9.33. The maximum Gasteiger partial charge on any atom is 0.341 e. The second-order valence-electron chi connectivity index (χ2n) is 3.38. The number of methoxy groups -OCH3 is 2. The van der Waals surface area contributed by atoms with Crippen LogP contribution < -0.4 is 4.74 Å². The second kappa shape index (κ2) is 3.84. The first kappa shape index (κ1) is 10.5. The summed E-state index contributed by atoms with van der Waals surface area (Å²) >= 11 is 0. The van der Waals surface area contributed by atoms with Crippen LogP contribution in [0.25, 0.3) is 10.9 Å². The van der Waals surface area contributed by atoms with Crippen LogP contribution in [0, 0.1) is 6.92 Å². The van der Waals surface area contributed by atoms with E-state index in [0.717, 1.165) is 11.1 Å². The Labute approximate surface area is 92.4 Å². The Bertz CT molecular complexity index is 545. The van der Waals surface area contributed by atoms with E-state index in [-0.39, 0.29) is 0 Å². The van der Waals surface area contributed by atoms with Crippen LogP contribution in [0.3, 0.4) is 0 Å². The topological polar surface area (TPSA) is 64.2 Å². The van der Waals surface area contributed by atoms with Gasteiger partial charge in [-0.1, -0.05) is 0 Å². The normalized spacial score (nSPS) is 10.4. The maximum atomic E-state index is 11.5. The zero-order valence-electron chi connectivity index (χ0n) is 9.33. The van der Waals surface area contributed by atoms with Crippen LogP contribution in [0.15, 0.2) is 12.1 Å². The molecule has 1 N–H and O–H groups in total. The molecule has 16 heavy (non-hydrogen) atoms. The van der Waals surface area contributed by atoms with Gasteiger partial charge >= 0.3 is 5.97 Å². The summed E-state index contributed by atoms with van der Waals surface area (Å²) in [5.74, 6) is 0.00750. The average Bonchev–Trinajstić information content (AvgIpc) is 2.69. The number of nitrogens with zero attached hydrogens (tertiary/aromatic N) is 1. The molecule has 0 aliphatic heterocycles. The highest BCUT2D eigenvalue weighted by Crippen LogP contribution is 2.29. The van der Waals surface area contributed by atoms with E-state index in [0.29, 0.717) is 16.8 Å². The molecule has 84 valence electrons. The molecule has 0 fully saturated rings.